The van der Waals surface area contributed by atoms with Crippen LogP contribution in [0.4, 0.5) is 5.69 Å². The zero-order valence-electron chi connectivity index (χ0n) is 24.6. The maximum Gasteiger partial charge on any atom is 0.255 e. The average molecular weight is 623 g/mol. The monoisotopic (exact) mass is 622 g/mol. The zero-order chi connectivity index (χ0) is 33.3. The number of aliphatic hydroxyl groups is 4. The third kappa shape index (κ3) is 4.64. The number of primary amides is 1. The first kappa shape index (κ1) is 31.7. The Morgan fingerprint density at radius 1 is 1.04 bits per heavy atom. The van der Waals surface area contributed by atoms with Gasteiger partial charge in [0.15, 0.2) is 17.1 Å². The van der Waals surface area contributed by atoms with E-state index >= 15 is 0 Å². The third-order valence-corrected chi connectivity index (χ3v) is 9.12. The number of nitrogens with zero attached hydrogens (tertiary/aromatic N) is 1. The van der Waals surface area contributed by atoms with E-state index in [1.165, 1.54) is 43.3 Å². The van der Waals surface area contributed by atoms with Crippen molar-refractivity contribution in [3.8, 4) is 11.5 Å². The van der Waals surface area contributed by atoms with E-state index in [0.29, 0.717) is 5.56 Å². The minimum atomic E-state index is -3.04. The van der Waals surface area contributed by atoms with E-state index in [1.54, 1.807) is 19.1 Å². The highest BCUT2D eigenvalue weighted by Crippen LogP contribution is 2.56. The summed E-state index contributed by atoms with van der Waals surface area (Å²) in [6, 6.07) is 6.42. The lowest BCUT2D eigenvalue weighted by molar-refractivity contribution is -0.162. The highest BCUT2D eigenvalue weighted by Gasteiger charge is 2.67. The smallest absolute Gasteiger partial charge is 0.255 e. The number of phenols is 2. The molecule has 0 saturated heterocycles. The van der Waals surface area contributed by atoms with Gasteiger partial charge in [0.05, 0.1) is 35.4 Å². The van der Waals surface area contributed by atoms with Crippen LogP contribution in [0.3, 0.4) is 0 Å². The summed E-state index contributed by atoms with van der Waals surface area (Å²) in [7, 11) is 2.90. The number of phenolic OH excluding ortho intramolecular Hbond substituents is 2. The fourth-order valence-electron chi connectivity index (χ4n) is 6.93. The van der Waals surface area contributed by atoms with Gasteiger partial charge in [-0.3, -0.25) is 24.1 Å². The van der Waals surface area contributed by atoms with Crippen LogP contribution in [0.25, 0.3) is 0 Å². The number of hydrogen-bond acceptors (Lipinski definition) is 12. The van der Waals surface area contributed by atoms with Gasteiger partial charge in [-0.25, -0.2) is 0 Å². The fourth-order valence-corrected chi connectivity index (χ4v) is 6.93. The summed E-state index contributed by atoms with van der Waals surface area (Å²) in [6.45, 7) is 1.60. The number of fused-ring (bicyclic) bond motifs is 3. The number of rotatable bonds is 6. The fraction of sp³-hybridized carbons (Fsp3) is 0.355. The third-order valence-electron chi connectivity index (χ3n) is 9.12. The Balaban J connectivity index is 1.57. The standard InChI is InChI=1S/C31H34N4O10/c1-11-14-8-9-16(34-30(44)15(32)10-12-4-6-13(36)7-5-12)23(37)18(14)24(38)19-17(11)25(39)21-22(35(2)3)26(40)20(29(33)43)28(42)31(21,45)27(19)41/h4-9,11,15,17,21-22,25,36-37,39-41,45H,10,32H2,1-3H3,(H2,33,43)(H,34,44)/t11?,15-,17?,21?,22-,25?,31-/m0/s1. The Hall–Kier alpha value is -4.76. The van der Waals surface area contributed by atoms with Crippen molar-refractivity contribution in [2.45, 2.75) is 43.1 Å². The van der Waals surface area contributed by atoms with Gasteiger partial charge in [0, 0.05) is 11.5 Å². The second-order valence-electron chi connectivity index (χ2n) is 11.9. The first-order valence-corrected chi connectivity index (χ1v) is 14.1. The van der Waals surface area contributed by atoms with Crippen LogP contribution in [0.15, 0.2) is 59.1 Å². The van der Waals surface area contributed by atoms with Gasteiger partial charge in [-0.2, -0.15) is 0 Å². The summed E-state index contributed by atoms with van der Waals surface area (Å²) in [5.74, 6) is -10.8. The van der Waals surface area contributed by atoms with Gasteiger partial charge in [-0.1, -0.05) is 25.1 Å². The molecule has 7 atom stereocenters. The van der Waals surface area contributed by atoms with E-state index in [9.17, 15) is 49.8 Å². The van der Waals surface area contributed by atoms with E-state index in [1.807, 2.05) is 0 Å². The van der Waals surface area contributed by atoms with E-state index in [-0.39, 0.29) is 29.0 Å². The number of nitrogens with two attached hydrogens (primary N) is 2. The Labute approximate surface area is 256 Å². The van der Waals surface area contributed by atoms with Crippen LogP contribution in [0.1, 0.15) is 34.3 Å². The number of carbonyl (C=O) groups is 4. The molecule has 2 aromatic rings. The second kappa shape index (κ2) is 11.0. The van der Waals surface area contributed by atoms with Crippen LogP contribution < -0.4 is 16.8 Å². The van der Waals surface area contributed by atoms with Crippen molar-refractivity contribution >= 4 is 29.1 Å². The predicted molar refractivity (Wildman–Crippen MR) is 158 cm³/mol. The second-order valence-corrected chi connectivity index (χ2v) is 11.9. The van der Waals surface area contributed by atoms with Gasteiger partial charge in [0.2, 0.25) is 11.7 Å². The van der Waals surface area contributed by atoms with Gasteiger partial charge in [-0.15, -0.1) is 0 Å². The highest BCUT2D eigenvalue weighted by molar-refractivity contribution is 6.25. The number of likely N-dealkylation sites (N-methyl/N-ethyl adjacent to an activating group) is 1. The van der Waals surface area contributed by atoms with Gasteiger partial charge in [0.1, 0.15) is 22.8 Å². The summed E-state index contributed by atoms with van der Waals surface area (Å²) in [5.41, 5.74) is 7.17. The van der Waals surface area contributed by atoms with Crippen molar-refractivity contribution in [3.63, 3.8) is 0 Å². The predicted octanol–water partition coefficient (Wildman–Crippen LogP) is -0.133. The van der Waals surface area contributed by atoms with E-state index in [4.69, 9.17) is 11.5 Å². The Bertz CT molecular complexity index is 1700. The summed E-state index contributed by atoms with van der Waals surface area (Å²) in [4.78, 5) is 53.9. The van der Waals surface area contributed by atoms with Gasteiger partial charge >= 0.3 is 0 Å². The minimum absolute atomic E-state index is 0.0412. The largest absolute Gasteiger partial charge is 0.510 e. The van der Waals surface area contributed by atoms with Crippen LogP contribution in [-0.4, -0.2) is 96.8 Å². The number of aliphatic hydroxyl groups excluding tert-OH is 3. The molecule has 3 aliphatic rings. The normalized spacial score (nSPS) is 28.4. The molecule has 238 valence electrons. The number of ketones is 2. The Morgan fingerprint density at radius 3 is 2.24 bits per heavy atom. The van der Waals surface area contributed by atoms with E-state index in [2.05, 4.69) is 5.32 Å². The van der Waals surface area contributed by atoms with E-state index < -0.39 is 93.3 Å². The molecular weight excluding hydrogens is 588 g/mol. The molecule has 2 aromatic carbocycles. The molecule has 0 bridgehead atoms. The maximum atomic E-state index is 14.0. The lowest BCUT2D eigenvalue weighted by atomic mass is 9.55. The number of nitrogens with one attached hydrogen (secondary N) is 1. The van der Waals surface area contributed by atoms with Crippen molar-refractivity contribution in [2.24, 2.45) is 23.3 Å². The molecule has 14 nitrogen and oxygen atoms in total. The average Bonchev–Trinajstić information content (AvgIpc) is 2.96. The number of hydrogen-bond donors (Lipinski definition) is 9. The molecule has 45 heavy (non-hydrogen) atoms. The highest BCUT2D eigenvalue weighted by atomic mass is 16.4. The molecule has 14 heteroatoms. The molecule has 0 fully saturated rings. The lowest BCUT2D eigenvalue weighted by Crippen LogP contribution is -2.68. The molecule has 0 aliphatic heterocycles. The Morgan fingerprint density at radius 2 is 1.67 bits per heavy atom. The van der Waals surface area contributed by atoms with Crippen LogP contribution in [0.5, 0.6) is 11.5 Å². The van der Waals surface area contributed by atoms with Crippen molar-refractivity contribution < 1.29 is 49.8 Å². The molecule has 0 radical (unpaired) electrons. The first-order chi connectivity index (χ1) is 21.0. The van der Waals surface area contributed by atoms with Crippen molar-refractivity contribution in [3.05, 3.63) is 75.8 Å². The number of amides is 2. The first-order valence-electron chi connectivity index (χ1n) is 14.1. The molecule has 0 heterocycles. The number of Topliss-reactive ketones (excluding diaryl/α,β-unsaturated/α-hetero) is 2. The van der Waals surface area contributed by atoms with Crippen molar-refractivity contribution in [1.82, 2.24) is 4.90 Å². The van der Waals surface area contributed by atoms with Crippen LogP contribution in [-0.2, 0) is 20.8 Å². The molecular formula is C31H34N4O10. The number of anilines is 1. The molecule has 3 aliphatic carbocycles. The minimum Gasteiger partial charge on any atom is -0.510 e. The summed E-state index contributed by atoms with van der Waals surface area (Å²) >= 11 is 0. The lowest BCUT2D eigenvalue weighted by Gasteiger charge is -2.53. The van der Waals surface area contributed by atoms with Crippen molar-refractivity contribution in [2.75, 3.05) is 19.4 Å². The zero-order valence-corrected chi connectivity index (χ0v) is 24.6. The number of aromatic hydroxyl groups is 2. The molecule has 5 rings (SSSR count). The van der Waals surface area contributed by atoms with Crippen LogP contribution in [0.2, 0.25) is 0 Å². The number of benzene rings is 2. The molecule has 0 aromatic heterocycles. The van der Waals surface area contributed by atoms with Gasteiger partial charge in [0.25, 0.3) is 5.91 Å². The van der Waals surface area contributed by atoms with Crippen LogP contribution >= 0.6 is 0 Å². The van der Waals surface area contributed by atoms with E-state index in [0.717, 1.165) is 0 Å². The molecule has 2 amide bonds. The number of carbonyl (C=O) groups excluding carboxylic acids is 4. The van der Waals surface area contributed by atoms with Gasteiger partial charge < -0.3 is 47.4 Å². The van der Waals surface area contributed by atoms with Crippen LogP contribution in [0, 0.1) is 11.8 Å². The SMILES string of the molecule is CC1c2ccc(NC(=O)[C@@H](N)Cc3ccc(O)cc3)c(O)c2C(=O)C2=C(O)[C@]3(O)C(=O)C(C(N)=O)=C(O)[C@@H](N(C)C)C3C(O)C21. The van der Waals surface area contributed by atoms with Gasteiger partial charge in [-0.05, 0) is 55.8 Å². The van der Waals surface area contributed by atoms with Crippen molar-refractivity contribution in [1.29, 1.82) is 0 Å². The summed E-state index contributed by atoms with van der Waals surface area (Å²) in [6.07, 6.45) is -1.63. The topological polar surface area (TPSA) is 257 Å². The molecule has 0 saturated carbocycles. The quantitative estimate of drug-likeness (QED) is 0.151. The maximum absolute atomic E-state index is 14.0. The molecule has 11 N–H and O–H groups in total. The molecule has 4 unspecified atom stereocenters. The summed E-state index contributed by atoms with van der Waals surface area (Å²) < 4.78 is 0. The molecule has 0 spiro atoms. The Kier molecular flexibility index (Phi) is 7.74. The summed E-state index contributed by atoms with van der Waals surface area (Å²) in [5, 5.41) is 69.0.